The number of aromatic nitrogens is 1. The second kappa shape index (κ2) is 15.9. The van der Waals surface area contributed by atoms with E-state index in [9.17, 15) is 5.11 Å². The molecule has 0 N–H and O–H groups in total. The van der Waals surface area contributed by atoms with Crippen molar-refractivity contribution in [2.24, 2.45) is 4.99 Å². The topological polar surface area (TPSA) is 88.4 Å². The Morgan fingerprint density at radius 1 is 1.10 bits per heavy atom. The summed E-state index contributed by atoms with van der Waals surface area (Å²) in [5.74, 6) is -1.07. The number of pyridine rings is 1. The minimum atomic E-state index is -1.08. The molecule has 0 amide bonds. The minimum absolute atomic E-state index is 0. The fourth-order valence-corrected chi connectivity index (χ4v) is 2.29. The van der Waals surface area contributed by atoms with Crippen molar-refractivity contribution < 1.29 is 32.1 Å². The number of carboxylic acid groups (broad SMARTS) is 1. The van der Waals surface area contributed by atoms with Gasteiger partial charge in [-0.2, -0.15) is 0 Å². The molecule has 0 unspecified atom stereocenters. The number of carbonyl (C=O) groups is 1. The number of rotatable bonds is 4. The normalized spacial score (nSPS) is 9.90. The van der Waals surface area contributed by atoms with Gasteiger partial charge < -0.3 is 15.0 Å². The predicted octanol–water partition coefficient (Wildman–Crippen LogP) is 3.71. The molecular weight excluding hydrogens is 498 g/mol. The number of hydrogen-bond acceptors (Lipinski definition) is 5. The standard InChI is InChI=1S/C18H16N2O.C2H4O2.CHCl3.Cu/c21-18-9-8-14-5-1-2-7-16(14)17(18)13-19-12-10-15-6-3-4-11-20-15;1-2(3)4;2-1(3)4;/h1-9,11,13,21H,10,12H2;1H3,(H,3,4);1H;/q;;;+2/p-2. The molecule has 3 aromatic rings. The number of alkyl halides is 3. The molecule has 1 aromatic heterocycles. The molecule has 0 aliphatic carbocycles. The van der Waals surface area contributed by atoms with Gasteiger partial charge in [-0.05, 0) is 35.4 Å². The second-order valence-electron chi connectivity index (χ2n) is 5.54. The molecule has 3 rings (SSSR count). The minimum Gasteiger partial charge on any atom is -0.872 e. The van der Waals surface area contributed by atoms with Gasteiger partial charge in [0.25, 0.3) is 0 Å². The number of halogens is 3. The van der Waals surface area contributed by atoms with Crippen molar-refractivity contribution in [1.82, 2.24) is 4.98 Å². The number of hydrogen-bond donors (Lipinski definition) is 0. The molecule has 0 fully saturated rings. The molecule has 0 bridgehead atoms. The van der Waals surface area contributed by atoms with Crippen LogP contribution in [0.15, 0.2) is 65.8 Å². The van der Waals surface area contributed by atoms with Crippen LogP contribution in [0.3, 0.4) is 0 Å². The second-order valence-corrected chi connectivity index (χ2v) is 7.52. The molecule has 0 spiro atoms. The fourth-order valence-electron chi connectivity index (χ4n) is 2.29. The van der Waals surface area contributed by atoms with Gasteiger partial charge in [0.1, 0.15) is 0 Å². The Morgan fingerprint density at radius 3 is 2.30 bits per heavy atom. The summed E-state index contributed by atoms with van der Waals surface area (Å²) in [6.07, 6.45) is 4.24. The first kappa shape index (κ1) is 28.2. The molecular formula is C21H19Cl3CuN2O3. The molecule has 30 heavy (non-hydrogen) atoms. The third kappa shape index (κ3) is 12.0. The number of benzene rings is 2. The largest absolute Gasteiger partial charge is 2.00 e. The summed E-state index contributed by atoms with van der Waals surface area (Å²) < 4.78 is -0.750. The molecule has 0 aliphatic rings. The Labute approximate surface area is 201 Å². The van der Waals surface area contributed by atoms with Crippen LogP contribution in [0.2, 0.25) is 0 Å². The van der Waals surface area contributed by atoms with E-state index < -0.39 is 10.3 Å². The van der Waals surface area contributed by atoms with Gasteiger partial charge in [-0.1, -0.05) is 83.0 Å². The Bertz CT molecular complexity index is 919. The summed E-state index contributed by atoms with van der Waals surface area (Å²) in [4.78, 5) is 17.5. The van der Waals surface area contributed by atoms with Gasteiger partial charge in [0.2, 0.25) is 0 Å². The van der Waals surface area contributed by atoms with Crippen LogP contribution in [0, 0.1) is 0 Å². The van der Waals surface area contributed by atoms with Gasteiger partial charge in [-0.25, -0.2) is 0 Å². The maximum Gasteiger partial charge on any atom is 2.00 e. The van der Waals surface area contributed by atoms with E-state index >= 15 is 0 Å². The predicted molar refractivity (Wildman–Crippen MR) is 116 cm³/mol. The number of nitrogens with zero attached hydrogens (tertiary/aromatic N) is 2. The summed E-state index contributed by atoms with van der Waals surface area (Å²) in [5, 5.41) is 22.9. The summed E-state index contributed by atoms with van der Waals surface area (Å²) >= 11 is 14.4. The van der Waals surface area contributed by atoms with Gasteiger partial charge in [-0.3, -0.25) is 9.98 Å². The Hall–Kier alpha value is -1.82. The maximum atomic E-state index is 12.0. The van der Waals surface area contributed by atoms with Gasteiger partial charge in [0, 0.05) is 37.0 Å². The van der Waals surface area contributed by atoms with Crippen LogP contribution in [0.1, 0.15) is 18.2 Å². The van der Waals surface area contributed by atoms with Crippen molar-refractivity contribution in [3.8, 4) is 5.75 Å². The van der Waals surface area contributed by atoms with Crippen molar-refractivity contribution in [1.29, 1.82) is 0 Å². The van der Waals surface area contributed by atoms with E-state index in [-0.39, 0.29) is 22.8 Å². The summed E-state index contributed by atoms with van der Waals surface area (Å²) in [5.41, 5.74) is 1.67. The van der Waals surface area contributed by atoms with E-state index in [1.54, 1.807) is 18.5 Å². The molecule has 0 atom stereocenters. The molecule has 2 aromatic carbocycles. The van der Waals surface area contributed by atoms with Crippen molar-refractivity contribution in [2.45, 2.75) is 17.6 Å². The first-order chi connectivity index (χ1) is 13.8. The number of carbonyl (C=O) groups excluding carboxylic acids is 1. The van der Waals surface area contributed by atoms with Crippen LogP contribution in [0.4, 0.5) is 0 Å². The zero-order valence-electron chi connectivity index (χ0n) is 15.9. The van der Waals surface area contributed by atoms with Crippen molar-refractivity contribution in [2.75, 3.05) is 6.54 Å². The fraction of sp³-hybridized carbons (Fsp3) is 0.190. The van der Waals surface area contributed by atoms with Gasteiger partial charge >= 0.3 is 17.1 Å². The van der Waals surface area contributed by atoms with E-state index in [0.717, 1.165) is 29.8 Å². The Kier molecular flexibility index (Phi) is 15.0. The van der Waals surface area contributed by atoms with Crippen molar-refractivity contribution in [3.63, 3.8) is 0 Å². The number of carboxylic acids is 1. The van der Waals surface area contributed by atoms with E-state index in [1.807, 2.05) is 48.5 Å². The van der Waals surface area contributed by atoms with Crippen LogP contribution in [-0.2, 0) is 28.3 Å². The monoisotopic (exact) mass is 515 g/mol. The first-order valence-electron chi connectivity index (χ1n) is 8.49. The third-order valence-electron chi connectivity index (χ3n) is 3.37. The van der Waals surface area contributed by atoms with Crippen LogP contribution < -0.4 is 10.2 Å². The molecule has 1 heterocycles. The van der Waals surface area contributed by atoms with Crippen LogP contribution >= 0.6 is 34.8 Å². The molecule has 5 nitrogen and oxygen atoms in total. The van der Waals surface area contributed by atoms with Gasteiger partial charge in [0.05, 0.1) is 0 Å². The van der Waals surface area contributed by atoms with E-state index in [4.69, 9.17) is 44.7 Å². The first-order valence-corrected chi connectivity index (χ1v) is 9.80. The maximum absolute atomic E-state index is 12.0. The SMILES string of the molecule is CC(=O)[O-].ClC(Cl)Cl.[Cu+2].[O-]c1ccc2ccccc2c1C=NCCc1ccccn1. The van der Waals surface area contributed by atoms with Crippen LogP contribution in [0.5, 0.6) is 5.75 Å². The molecule has 0 aliphatic heterocycles. The molecule has 0 saturated carbocycles. The zero-order valence-corrected chi connectivity index (χ0v) is 19.1. The molecule has 0 saturated heterocycles. The molecule has 1 radical (unpaired) electrons. The molecule has 9 heteroatoms. The van der Waals surface area contributed by atoms with Crippen molar-refractivity contribution in [3.05, 3.63) is 72.1 Å². The summed E-state index contributed by atoms with van der Waals surface area (Å²) in [6, 6.07) is 17.1. The number of aliphatic carboxylic acids is 1. The summed E-state index contributed by atoms with van der Waals surface area (Å²) in [7, 11) is 0. The Morgan fingerprint density at radius 2 is 1.70 bits per heavy atom. The van der Waals surface area contributed by atoms with Crippen LogP contribution in [0.25, 0.3) is 10.8 Å². The van der Waals surface area contributed by atoms with Crippen LogP contribution in [-0.4, -0.2) is 28.0 Å². The van der Waals surface area contributed by atoms with E-state index in [0.29, 0.717) is 12.1 Å². The zero-order chi connectivity index (χ0) is 21.6. The average Bonchev–Trinajstić information content (AvgIpc) is 2.66. The average molecular weight is 517 g/mol. The number of aliphatic imine (C=N–C) groups is 1. The number of fused-ring (bicyclic) bond motifs is 1. The smallest absolute Gasteiger partial charge is 0.872 e. The van der Waals surface area contributed by atoms with Crippen molar-refractivity contribution >= 4 is 57.8 Å². The van der Waals surface area contributed by atoms with E-state index in [1.165, 1.54) is 0 Å². The molecule has 163 valence electrons. The Balaban J connectivity index is 0.000000808. The third-order valence-corrected chi connectivity index (χ3v) is 3.37. The van der Waals surface area contributed by atoms with Gasteiger partial charge in [0.15, 0.2) is 4.30 Å². The quantitative estimate of drug-likeness (QED) is 0.300. The van der Waals surface area contributed by atoms with E-state index in [2.05, 4.69) is 9.98 Å². The summed E-state index contributed by atoms with van der Waals surface area (Å²) in [6.45, 7) is 1.60. The van der Waals surface area contributed by atoms with Gasteiger partial charge in [-0.15, -0.1) is 0 Å².